The van der Waals surface area contributed by atoms with Gasteiger partial charge < -0.3 is 0 Å². The predicted molar refractivity (Wildman–Crippen MR) is 85.0 cm³/mol. The smallest absolute Gasteiger partial charge is 0.147 e. The Morgan fingerprint density at radius 2 is 2.00 bits per heavy atom. The van der Waals surface area contributed by atoms with Gasteiger partial charge in [-0.3, -0.25) is 4.79 Å². The van der Waals surface area contributed by atoms with E-state index in [9.17, 15) is 9.18 Å². The molecular formula is C15H11BrClFOS. The quantitative estimate of drug-likeness (QED) is 0.675. The van der Waals surface area contributed by atoms with Gasteiger partial charge in [-0.1, -0.05) is 29.8 Å². The molecule has 0 saturated carbocycles. The normalized spacial score (nSPS) is 10.6. The van der Waals surface area contributed by atoms with Crippen LogP contribution in [0.15, 0.2) is 51.8 Å². The topological polar surface area (TPSA) is 17.1 Å². The molecule has 0 aliphatic rings. The second kappa shape index (κ2) is 7.25. The third kappa shape index (κ3) is 4.33. The van der Waals surface area contributed by atoms with Gasteiger partial charge in [0.25, 0.3) is 0 Å². The summed E-state index contributed by atoms with van der Waals surface area (Å²) in [6.45, 7) is 0. The minimum atomic E-state index is -0.467. The van der Waals surface area contributed by atoms with Gasteiger partial charge in [-0.25, -0.2) is 4.39 Å². The van der Waals surface area contributed by atoms with Crippen LogP contribution in [-0.4, -0.2) is 11.5 Å². The van der Waals surface area contributed by atoms with Crippen LogP contribution in [0.5, 0.6) is 0 Å². The van der Waals surface area contributed by atoms with Crippen molar-refractivity contribution in [2.75, 3.05) is 5.75 Å². The van der Waals surface area contributed by atoms with Crippen molar-refractivity contribution in [2.45, 2.75) is 11.3 Å². The molecule has 5 heteroatoms. The lowest BCUT2D eigenvalue weighted by molar-refractivity contribution is -0.116. The molecule has 0 aromatic heterocycles. The van der Waals surface area contributed by atoms with Gasteiger partial charge in [0.1, 0.15) is 11.6 Å². The van der Waals surface area contributed by atoms with E-state index in [2.05, 4.69) is 15.9 Å². The molecule has 0 aliphatic heterocycles. The molecule has 0 amide bonds. The van der Waals surface area contributed by atoms with Crippen LogP contribution in [-0.2, 0) is 11.2 Å². The molecule has 2 aromatic rings. The van der Waals surface area contributed by atoms with Crippen molar-refractivity contribution in [2.24, 2.45) is 0 Å². The Balaban J connectivity index is 1.93. The fraction of sp³-hybridized carbons (Fsp3) is 0.133. The van der Waals surface area contributed by atoms with E-state index in [4.69, 9.17) is 11.6 Å². The van der Waals surface area contributed by atoms with E-state index in [1.165, 1.54) is 23.9 Å². The Morgan fingerprint density at radius 1 is 1.25 bits per heavy atom. The molecule has 0 N–H and O–H groups in total. The highest BCUT2D eigenvalue weighted by Gasteiger charge is 2.08. The Morgan fingerprint density at radius 3 is 2.70 bits per heavy atom. The van der Waals surface area contributed by atoms with E-state index in [1.54, 1.807) is 6.07 Å². The van der Waals surface area contributed by atoms with Crippen molar-refractivity contribution in [1.82, 2.24) is 0 Å². The summed E-state index contributed by atoms with van der Waals surface area (Å²) in [6, 6.07) is 12.1. The summed E-state index contributed by atoms with van der Waals surface area (Å²) in [7, 11) is 0. The van der Waals surface area contributed by atoms with Crippen molar-refractivity contribution in [3.63, 3.8) is 0 Å². The lowest BCUT2D eigenvalue weighted by atomic mass is 10.1. The SMILES string of the molecule is O=C(CSc1ccccc1Br)Cc1ccc(F)c(Cl)c1. The van der Waals surface area contributed by atoms with Crippen LogP contribution in [0.2, 0.25) is 5.02 Å². The van der Waals surface area contributed by atoms with Crippen molar-refractivity contribution in [3.05, 3.63) is 63.3 Å². The number of ketones is 1. The van der Waals surface area contributed by atoms with Gasteiger partial charge in [-0.05, 0) is 45.8 Å². The van der Waals surface area contributed by atoms with Gasteiger partial charge in [0.05, 0.1) is 10.8 Å². The van der Waals surface area contributed by atoms with Crippen molar-refractivity contribution >= 4 is 45.1 Å². The standard InChI is InChI=1S/C15H11BrClFOS/c16-12-3-1-2-4-15(12)20-9-11(19)7-10-5-6-14(18)13(17)8-10/h1-6,8H,7,9H2. The highest BCUT2D eigenvalue weighted by atomic mass is 79.9. The van der Waals surface area contributed by atoms with Crippen molar-refractivity contribution in [1.29, 1.82) is 0 Å². The Labute approximate surface area is 134 Å². The summed E-state index contributed by atoms with van der Waals surface area (Å²) in [5, 5.41) is 0.0498. The van der Waals surface area contributed by atoms with Gasteiger partial charge in [-0.2, -0.15) is 0 Å². The Hall–Kier alpha value is -0.840. The summed E-state index contributed by atoms with van der Waals surface area (Å²) in [6.07, 6.45) is 0.261. The van der Waals surface area contributed by atoms with Crippen LogP contribution in [0.4, 0.5) is 4.39 Å². The fourth-order valence-corrected chi connectivity index (χ4v) is 3.28. The maximum Gasteiger partial charge on any atom is 0.147 e. The van der Waals surface area contributed by atoms with E-state index in [1.807, 2.05) is 24.3 Å². The Bertz CT molecular complexity index is 633. The molecule has 0 aliphatic carbocycles. The van der Waals surface area contributed by atoms with Gasteiger partial charge in [0.2, 0.25) is 0 Å². The summed E-state index contributed by atoms with van der Waals surface area (Å²) in [5.41, 5.74) is 0.731. The van der Waals surface area contributed by atoms with Gasteiger partial charge in [0.15, 0.2) is 0 Å². The van der Waals surface area contributed by atoms with Gasteiger partial charge in [-0.15, -0.1) is 11.8 Å². The average molecular weight is 374 g/mol. The number of thioether (sulfide) groups is 1. The van der Waals surface area contributed by atoms with E-state index < -0.39 is 5.82 Å². The van der Waals surface area contributed by atoms with Crippen LogP contribution >= 0.6 is 39.3 Å². The molecular weight excluding hydrogens is 363 g/mol. The molecule has 2 rings (SSSR count). The largest absolute Gasteiger partial charge is 0.298 e. The van der Waals surface area contributed by atoms with Crippen LogP contribution in [0.3, 0.4) is 0 Å². The second-order valence-electron chi connectivity index (χ2n) is 4.18. The molecule has 0 fully saturated rings. The maximum atomic E-state index is 13.0. The lowest BCUT2D eigenvalue weighted by Crippen LogP contribution is -2.05. The molecule has 0 radical (unpaired) electrons. The van der Waals surface area contributed by atoms with E-state index in [0.29, 0.717) is 5.75 Å². The minimum Gasteiger partial charge on any atom is -0.298 e. The molecule has 0 unspecified atom stereocenters. The maximum absolute atomic E-state index is 13.0. The average Bonchev–Trinajstić information content (AvgIpc) is 2.42. The lowest BCUT2D eigenvalue weighted by Gasteiger charge is -2.04. The zero-order valence-corrected chi connectivity index (χ0v) is 13.6. The summed E-state index contributed by atoms with van der Waals surface area (Å²) >= 11 is 10.6. The minimum absolute atomic E-state index is 0.0498. The summed E-state index contributed by atoms with van der Waals surface area (Å²) in [4.78, 5) is 12.9. The Kier molecular flexibility index (Phi) is 5.64. The van der Waals surface area contributed by atoms with Crippen molar-refractivity contribution in [3.8, 4) is 0 Å². The van der Waals surface area contributed by atoms with Crippen molar-refractivity contribution < 1.29 is 9.18 Å². The van der Waals surface area contributed by atoms with Gasteiger partial charge in [0, 0.05) is 15.8 Å². The van der Waals surface area contributed by atoms with E-state index in [0.717, 1.165) is 14.9 Å². The first-order valence-electron chi connectivity index (χ1n) is 5.89. The van der Waals surface area contributed by atoms with Crippen LogP contribution in [0.1, 0.15) is 5.56 Å². The zero-order chi connectivity index (χ0) is 14.5. The number of rotatable bonds is 5. The zero-order valence-electron chi connectivity index (χ0n) is 10.4. The number of hydrogen-bond donors (Lipinski definition) is 0. The number of carbonyl (C=O) groups is 1. The third-order valence-electron chi connectivity index (χ3n) is 2.61. The molecule has 2 aromatic carbocycles. The molecule has 20 heavy (non-hydrogen) atoms. The predicted octanol–water partition coefficient (Wildman–Crippen LogP) is 5.15. The van der Waals surface area contributed by atoms with E-state index in [-0.39, 0.29) is 17.2 Å². The molecule has 0 atom stereocenters. The molecule has 1 nitrogen and oxygen atoms in total. The fourth-order valence-electron chi connectivity index (χ4n) is 1.65. The first kappa shape index (κ1) is 15.5. The first-order chi connectivity index (χ1) is 9.56. The van der Waals surface area contributed by atoms with Gasteiger partial charge >= 0.3 is 0 Å². The molecule has 0 heterocycles. The number of hydrogen-bond acceptors (Lipinski definition) is 2. The molecule has 0 bridgehead atoms. The number of carbonyl (C=O) groups excluding carboxylic acids is 1. The van der Waals surface area contributed by atoms with Crippen LogP contribution < -0.4 is 0 Å². The van der Waals surface area contributed by atoms with Crippen LogP contribution in [0, 0.1) is 5.82 Å². The monoisotopic (exact) mass is 372 g/mol. The van der Waals surface area contributed by atoms with Crippen LogP contribution in [0.25, 0.3) is 0 Å². The first-order valence-corrected chi connectivity index (χ1v) is 8.05. The number of benzene rings is 2. The second-order valence-corrected chi connectivity index (χ2v) is 6.46. The van der Waals surface area contributed by atoms with E-state index >= 15 is 0 Å². The molecule has 104 valence electrons. The molecule has 0 spiro atoms. The highest BCUT2D eigenvalue weighted by molar-refractivity contribution is 9.10. The summed E-state index contributed by atoms with van der Waals surface area (Å²) < 4.78 is 14.0. The molecule has 0 saturated heterocycles. The number of halogens is 3. The summed E-state index contributed by atoms with van der Waals surface area (Å²) in [5.74, 6) is -0.0173. The number of Topliss-reactive ketones (excluding diaryl/α,β-unsaturated/α-hetero) is 1. The highest BCUT2D eigenvalue weighted by Crippen LogP contribution is 2.27. The third-order valence-corrected chi connectivity index (χ3v) is 4.99.